The van der Waals surface area contributed by atoms with Gasteiger partial charge in [-0.05, 0) is 50.6 Å². The Bertz CT molecular complexity index is 249. The largest absolute Gasteiger partial charge is 0.314 e. The molecular formula is C15H30N2. The van der Waals surface area contributed by atoms with Crippen molar-refractivity contribution in [3.05, 3.63) is 0 Å². The lowest BCUT2D eigenvalue weighted by molar-refractivity contribution is 0.0850. The lowest BCUT2D eigenvalue weighted by Crippen LogP contribution is -2.49. The van der Waals surface area contributed by atoms with Crippen molar-refractivity contribution in [2.75, 3.05) is 19.6 Å². The Balaban J connectivity index is 2.02. The maximum atomic E-state index is 3.64. The summed E-state index contributed by atoms with van der Waals surface area (Å²) in [7, 11) is 0. The summed E-state index contributed by atoms with van der Waals surface area (Å²) in [5.41, 5.74) is 0.537. The van der Waals surface area contributed by atoms with Crippen molar-refractivity contribution in [1.82, 2.24) is 10.2 Å². The van der Waals surface area contributed by atoms with Crippen LogP contribution in [-0.2, 0) is 0 Å². The van der Waals surface area contributed by atoms with Crippen LogP contribution in [0.25, 0.3) is 0 Å². The quantitative estimate of drug-likeness (QED) is 0.755. The molecule has 2 nitrogen and oxygen atoms in total. The zero-order chi connectivity index (χ0) is 12.5. The molecule has 100 valence electrons. The van der Waals surface area contributed by atoms with Gasteiger partial charge in [0.25, 0.3) is 0 Å². The van der Waals surface area contributed by atoms with Crippen LogP contribution >= 0.6 is 0 Å². The first kappa shape index (κ1) is 13.4. The fourth-order valence-electron chi connectivity index (χ4n) is 3.69. The molecule has 0 amide bonds. The van der Waals surface area contributed by atoms with Gasteiger partial charge >= 0.3 is 0 Å². The fourth-order valence-corrected chi connectivity index (χ4v) is 3.69. The molecule has 3 unspecified atom stereocenters. The lowest BCUT2D eigenvalue weighted by Gasteiger charge is -2.41. The number of nitrogens with one attached hydrogen (secondary N) is 1. The van der Waals surface area contributed by atoms with Crippen LogP contribution in [0.15, 0.2) is 0 Å². The number of nitrogens with zero attached hydrogens (tertiary/aromatic N) is 1. The van der Waals surface area contributed by atoms with Gasteiger partial charge in [-0.2, -0.15) is 0 Å². The van der Waals surface area contributed by atoms with E-state index in [2.05, 4.69) is 37.9 Å². The van der Waals surface area contributed by atoms with Gasteiger partial charge in [-0.15, -0.1) is 0 Å². The van der Waals surface area contributed by atoms with Crippen LogP contribution in [0, 0.1) is 11.3 Å². The highest BCUT2D eigenvalue weighted by Gasteiger charge is 2.38. The van der Waals surface area contributed by atoms with E-state index in [1.54, 1.807) is 0 Å². The third-order valence-electron chi connectivity index (χ3n) is 4.85. The lowest BCUT2D eigenvalue weighted by atomic mass is 9.85. The van der Waals surface area contributed by atoms with E-state index in [4.69, 9.17) is 0 Å². The molecule has 1 heterocycles. The van der Waals surface area contributed by atoms with Gasteiger partial charge in [0.05, 0.1) is 0 Å². The summed E-state index contributed by atoms with van der Waals surface area (Å²) in [6.45, 7) is 13.4. The molecule has 0 aromatic carbocycles. The van der Waals surface area contributed by atoms with E-state index in [9.17, 15) is 0 Å². The number of rotatable bonds is 1. The zero-order valence-electron chi connectivity index (χ0n) is 12.1. The summed E-state index contributed by atoms with van der Waals surface area (Å²) in [5.74, 6) is 0.786. The van der Waals surface area contributed by atoms with Gasteiger partial charge in [0.1, 0.15) is 0 Å². The predicted octanol–water partition coefficient (Wildman–Crippen LogP) is 2.89. The van der Waals surface area contributed by atoms with E-state index < -0.39 is 0 Å². The highest BCUT2D eigenvalue weighted by atomic mass is 15.2. The molecule has 0 radical (unpaired) electrons. The molecule has 0 aromatic heterocycles. The minimum atomic E-state index is 0.537. The maximum absolute atomic E-state index is 3.64. The molecule has 0 bridgehead atoms. The predicted molar refractivity (Wildman–Crippen MR) is 74.2 cm³/mol. The summed E-state index contributed by atoms with van der Waals surface area (Å²) in [6, 6.07) is 1.51. The minimum absolute atomic E-state index is 0.537. The standard InChI is InChI=1S/C15H30N2/c1-12-10-16-13(2)7-9-17(11-12)14-6-5-8-15(14,3)4/h12-14,16H,5-11H2,1-4H3. The van der Waals surface area contributed by atoms with Gasteiger partial charge in [0.2, 0.25) is 0 Å². The van der Waals surface area contributed by atoms with Crippen LogP contribution in [-0.4, -0.2) is 36.6 Å². The molecule has 1 aliphatic heterocycles. The van der Waals surface area contributed by atoms with Gasteiger partial charge in [0, 0.05) is 18.6 Å². The minimum Gasteiger partial charge on any atom is -0.314 e. The normalized spacial score (nSPS) is 39.9. The molecule has 0 spiro atoms. The van der Waals surface area contributed by atoms with Crippen molar-refractivity contribution in [1.29, 1.82) is 0 Å². The van der Waals surface area contributed by atoms with E-state index in [0.717, 1.165) is 12.0 Å². The third kappa shape index (κ3) is 3.23. The summed E-state index contributed by atoms with van der Waals surface area (Å²) in [5, 5.41) is 3.64. The molecule has 2 rings (SSSR count). The first-order chi connectivity index (χ1) is 7.99. The van der Waals surface area contributed by atoms with Gasteiger partial charge in [-0.25, -0.2) is 0 Å². The van der Waals surface area contributed by atoms with Gasteiger partial charge < -0.3 is 5.32 Å². The first-order valence-corrected chi connectivity index (χ1v) is 7.46. The van der Waals surface area contributed by atoms with Crippen LogP contribution in [0.4, 0.5) is 0 Å². The maximum Gasteiger partial charge on any atom is 0.0146 e. The fraction of sp³-hybridized carbons (Fsp3) is 1.00. The molecule has 17 heavy (non-hydrogen) atoms. The van der Waals surface area contributed by atoms with E-state index in [1.165, 1.54) is 45.3 Å². The van der Waals surface area contributed by atoms with Crippen LogP contribution in [0.3, 0.4) is 0 Å². The molecule has 1 saturated carbocycles. The molecule has 2 heteroatoms. The van der Waals surface area contributed by atoms with Crippen molar-refractivity contribution < 1.29 is 0 Å². The van der Waals surface area contributed by atoms with Crippen molar-refractivity contribution in [3.63, 3.8) is 0 Å². The summed E-state index contributed by atoms with van der Waals surface area (Å²) in [6.07, 6.45) is 5.56. The van der Waals surface area contributed by atoms with Gasteiger partial charge in [0.15, 0.2) is 0 Å². The molecular weight excluding hydrogens is 208 g/mol. The molecule has 2 fully saturated rings. The summed E-state index contributed by atoms with van der Waals surface area (Å²) in [4.78, 5) is 2.80. The van der Waals surface area contributed by atoms with E-state index in [1.807, 2.05) is 0 Å². The van der Waals surface area contributed by atoms with Crippen LogP contribution in [0.2, 0.25) is 0 Å². The Morgan fingerprint density at radius 3 is 2.59 bits per heavy atom. The Hall–Kier alpha value is -0.0800. The van der Waals surface area contributed by atoms with Gasteiger partial charge in [-0.1, -0.05) is 27.2 Å². The second-order valence-electron chi connectivity index (χ2n) is 7.09. The van der Waals surface area contributed by atoms with E-state index in [0.29, 0.717) is 11.5 Å². The average molecular weight is 238 g/mol. The van der Waals surface area contributed by atoms with Crippen molar-refractivity contribution in [2.45, 2.75) is 65.5 Å². The Labute approximate surface area is 107 Å². The molecule has 3 atom stereocenters. The van der Waals surface area contributed by atoms with Crippen LogP contribution in [0.5, 0.6) is 0 Å². The second-order valence-corrected chi connectivity index (χ2v) is 7.09. The smallest absolute Gasteiger partial charge is 0.0146 e. The highest BCUT2D eigenvalue weighted by Crippen LogP contribution is 2.40. The molecule has 2 aliphatic rings. The van der Waals surface area contributed by atoms with Crippen LogP contribution in [0.1, 0.15) is 53.4 Å². The summed E-state index contributed by atoms with van der Waals surface area (Å²) < 4.78 is 0. The summed E-state index contributed by atoms with van der Waals surface area (Å²) >= 11 is 0. The highest BCUT2D eigenvalue weighted by molar-refractivity contribution is 4.93. The van der Waals surface area contributed by atoms with E-state index >= 15 is 0 Å². The molecule has 1 aliphatic carbocycles. The van der Waals surface area contributed by atoms with E-state index in [-0.39, 0.29) is 0 Å². The SMILES string of the molecule is CC1CNC(C)CCN(C2CCCC2(C)C)C1. The monoisotopic (exact) mass is 238 g/mol. The Morgan fingerprint density at radius 1 is 1.18 bits per heavy atom. The number of hydrogen-bond acceptors (Lipinski definition) is 2. The average Bonchev–Trinajstić information content (AvgIpc) is 2.59. The Morgan fingerprint density at radius 2 is 1.94 bits per heavy atom. The molecule has 1 saturated heterocycles. The Kier molecular flexibility index (Phi) is 4.14. The third-order valence-corrected chi connectivity index (χ3v) is 4.85. The van der Waals surface area contributed by atoms with Crippen molar-refractivity contribution in [2.24, 2.45) is 11.3 Å². The molecule has 0 aromatic rings. The van der Waals surface area contributed by atoms with Gasteiger partial charge in [-0.3, -0.25) is 4.90 Å². The van der Waals surface area contributed by atoms with Crippen molar-refractivity contribution >= 4 is 0 Å². The first-order valence-electron chi connectivity index (χ1n) is 7.46. The zero-order valence-corrected chi connectivity index (χ0v) is 12.1. The number of hydrogen-bond donors (Lipinski definition) is 1. The molecule has 1 N–H and O–H groups in total. The topological polar surface area (TPSA) is 15.3 Å². The second kappa shape index (κ2) is 5.27. The van der Waals surface area contributed by atoms with Crippen molar-refractivity contribution in [3.8, 4) is 0 Å². The van der Waals surface area contributed by atoms with Crippen LogP contribution < -0.4 is 5.32 Å².